The Kier molecular flexibility index (Phi) is 7.81. The Labute approximate surface area is 216 Å². The summed E-state index contributed by atoms with van der Waals surface area (Å²) >= 11 is 0. The number of anilines is 2. The van der Waals surface area contributed by atoms with E-state index in [9.17, 15) is 19.2 Å². The predicted octanol–water partition coefficient (Wildman–Crippen LogP) is 3.22. The van der Waals surface area contributed by atoms with E-state index in [1.807, 2.05) is 6.07 Å². The first-order valence-electron chi connectivity index (χ1n) is 13.4. The summed E-state index contributed by atoms with van der Waals surface area (Å²) in [6, 6.07) is 8.26. The third-order valence-corrected chi connectivity index (χ3v) is 7.51. The molecule has 0 radical (unpaired) electrons. The van der Waals surface area contributed by atoms with Gasteiger partial charge in [-0.25, -0.2) is 0 Å². The highest BCUT2D eigenvalue weighted by molar-refractivity contribution is 6.28. The van der Waals surface area contributed by atoms with Crippen LogP contribution in [0.25, 0.3) is 10.8 Å². The van der Waals surface area contributed by atoms with E-state index in [0.29, 0.717) is 23.4 Å². The van der Waals surface area contributed by atoms with Gasteiger partial charge in [0.25, 0.3) is 5.91 Å². The summed E-state index contributed by atoms with van der Waals surface area (Å²) in [5.41, 5.74) is 1.81. The van der Waals surface area contributed by atoms with Gasteiger partial charge >= 0.3 is 0 Å². The van der Waals surface area contributed by atoms with E-state index in [-0.39, 0.29) is 30.6 Å². The summed E-state index contributed by atoms with van der Waals surface area (Å²) in [5.74, 6) is -1.07. The smallest absolute Gasteiger partial charge is 0.259 e. The van der Waals surface area contributed by atoms with E-state index in [1.54, 1.807) is 24.3 Å². The molecule has 3 heterocycles. The number of amides is 4. The molecular formula is C28H34N4O5. The monoisotopic (exact) mass is 506 g/mol. The van der Waals surface area contributed by atoms with Crippen molar-refractivity contribution in [2.45, 2.75) is 57.4 Å². The molecule has 0 bridgehead atoms. The van der Waals surface area contributed by atoms with Crippen molar-refractivity contribution < 1.29 is 23.9 Å². The standard InChI is InChI=1S/C28H34N4O5/c33-24(9-4-2-1-3-5-14-31-15-17-37-18-16-31)29-21-10-11-22-26-19(21)7-6-8-20(26)28(36)32(22)23-12-13-25(34)30-27(23)35/h6-8,10-11,23H,1-5,9,12-18H2,(H,29,33)(H,30,34,35). The zero-order valence-electron chi connectivity index (χ0n) is 21.1. The minimum atomic E-state index is -0.727. The molecule has 1 atom stereocenters. The number of ether oxygens (including phenoxy) is 1. The summed E-state index contributed by atoms with van der Waals surface area (Å²) < 4.78 is 5.38. The van der Waals surface area contributed by atoms with Crippen LogP contribution in [-0.2, 0) is 19.1 Å². The number of nitrogens with zero attached hydrogens (tertiary/aromatic N) is 2. The molecule has 5 rings (SSSR count). The molecule has 2 saturated heterocycles. The van der Waals surface area contributed by atoms with Crippen molar-refractivity contribution in [3.8, 4) is 0 Å². The Hall–Kier alpha value is -3.30. The van der Waals surface area contributed by atoms with Crippen LogP contribution in [-0.4, -0.2) is 67.4 Å². The van der Waals surface area contributed by atoms with E-state index in [0.717, 1.165) is 62.9 Å². The molecule has 0 aliphatic carbocycles. The van der Waals surface area contributed by atoms with Gasteiger partial charge in [0.1, 0.15) is 6.04 Å². The second-order valence-electron chi connectivity index (χ2n) is 10.0. The predicted molar refractivity (Wildman–Crippen MR) is 141 cm³/mol. The number of imide groups is 1. The minimum Gasteiger partial charge on any atom is -0.379 e. The molecule has 37 heavy (non-hydrogen) atoms. The van der Waals surface area contributed by atoms with Crippen molar-refractivity contribution in [3.63, 3.8) is 0 Å². The number of hydrogen-bond acceptors (Lipinski definition) is 6. The van der Waals surface area contributed by atoms with E-state index in [2.05, 4.69) is 15.5 Å². The van der Waals surface area contributed by atoms with Crippen LogP contribution in [0.15, 0.2) is 30.3 Å². The normalized spacial score (nSPS) is 19.9. The fourth-order valence-corrected chi connectivity index (χ4v) is 5.54. The molecule has 0 aromatic heterocycles. The SMILES string of the molecule is O=C1CCC(N2C(=O)c3cccc4c(NC(=O)CCCCCCCN5CCOCC5)ccc2c34)C(=O)N1. The summed E-state index contributed by atoms with van der Waals surface area (Å²) in [7, 11) is 0. The van der Waals surface area contributed by atoms with Crippen LogP contribution in [0.4, 0.5) is 11.4 Å². The third-order valence-electron chi connectivity index (χ3n) is 7.51. The Balaban J connectivity index is 1.16. The zero-order valence-corrected chi connectivity index (χ0v) is 21.1. The number of piperidine rings is 1. The topological polar surface area (TPSA) is 108 Å². The Morgan fingerprint density at radius 2 is 1.78 bits per heavy atom. The van der Waals surface area contributed by atoms with Gasteiger partial charge in [-0.05, 0) is 44.0 Å². The van der Waals surface area contributed by atoms with Gasteiger partial charge in [-0.2, -0.15) is 0 Å². The summed E-state index contributed by atoms with van der Waals surface area (Å²) in [4.78, 5) is 54.0. The quantitative estimate of drug-likeness (QED) is 0.379. The molecule has 4 amide bonds. The molecule has 0 spiro atoms. The molecule has 2 fully saturated rings. The number of nitrogens with one attached hydrogen (secondary N) is 2. The van der Waals surface area contributed by atoms with Gasteiger partial charge in [0.05, 0.1) is 18.9 Å². The average Bonchev–Trinajstić information content (AvgIpc) is 3.18. The van der Waals surface area contributed by atoms with E-state index in [4.69, 9.17) is 4.74 Å². The number of morpholine rings is 1. The molecule has 3 aliphatic rings. The fourth-order valence-electron chi connectivity index (χ4n) is 5.54. The molecule has 0 saturated carbocycles. The highest BCUT2D eigenvalue weighted by Crippen LogP contribution is 2.42. The van der Waals surface area contributed by atoms with Gasteiger partial charge in [0, 0.05) is 48.0 Å². The minimum absolute atomic E-state index is 0.0413. The first-order chi connectivity index (χ1) is 18.0. The van der Waals surface area contributed by atoms with Crippen LogP contribution in [0, 0.1) is 0 Å². The molecule has 196 valence electrons. The van der Waals surface area contributed by atoms with Crippen LogP contribution in [0.5, 0.6) is 0 Å². The lowest BCUT2D eigenvalue weighted by Crippen LogP contribution is -2.53. The number of unbranched alkanes of at least 4 members (excludes halogenated alkanes) is 4. The van der Waals surface area contributed by atoms with Crippen molar-refractivity contribution in [2.75, 3.05) is 43.1 Å². The maximum absolute atomic E-state index is 13.2. The molecule has 2 aromatic rings. The third kappa shape index (κ3) is 5.52. The van der Waals surface area contributed by atoms with Crippen LogP contribution >= 0.6 is 0 Å². The molecular weight excluding hydrogens is 472 g/mol. The molecule has 9 nitrogen and oxygen atoms in total. The molecule has 2 N–H and O–H groups in total. The van der Waals surface area contributed by atoms with Gasteiger partial charge in [0.15, 0.2) is 0 Å². The van der Waals surface area contributed by atoms with Crippen LogP contribution < -0.4 is 15.5 Å². The van der Waals surface area contributed by atoms with Gasteiger partial charge < -0.3 is 10.1 Å². The number of carbonyl (C=O) groups is 4. The fraction of sp³-hybridized carbons (Fsp3) is 0.500. The summed E-state index contributed by atoms with van der Waals surface area (Å²) in [6.07, 6.45) is 6.28. The van der Waals surface area contributed by atoms with Crippen LogP contribution in [0.1, 0.15) is 61.7 Å². The maximum Gasteiger partial charge on any atom is 0.259 e. The second-order valence-corrected chi connectivity index (χ2v) is 10.0. The van der Waals surface area contributed by atoms with Crippen molar-refractivity contribution in [1.82, 2.24) is 10.2 Å². The van der Waals surface area contributed by atoms with Gasteiger partial charge in [-0.3, -0.25) is 34.3 Å². The van der Waals surface area contributed by atoms with Crippen LogP contribution in [0.3, 0.4) is 0 Å². The van der Waals surface area contributed by atoms with Gasteiger partial charge in [-0.1, -0.05) is 31.4 Å². The van der Waals surface area contributed by atoms with Gasteiger partial charge in [0.2, 0.25) is 17.7 Å². The first-order valence-corrected chi connectivity index (χ1v) is 13.4. The molecule has 1 unspecified atom stereocenters. The largest absolute Gasteiger partial charge is 0.379 e. The Morgan fingerprint density at radius 3 is 2.59 bits per heavy atom. The summed E-state index contributed by atoms with van der Waals surface area (Å²) in [6.45, 7) is 4.85. The molecule has 3 aliphatic heterocycles. The molecule has 2 aromatic carbocycles. The lowest BCUT2D eigenvalue weighted by Gasteiger charge is -2.30. The van der Waals surface area contributed by atoms with Crippen molar-refractivity contribution >= 4 is 45.8 Å². The van der Waals surface area contributed by atoms with E-state index < -0.39 is 11.9 Å². The zero-order chi connectivity index (χ0) is 25.8. The van der Waals surface area contributed by atoms with Crippen LogP contribution in [0.2, 0.25) is 0 Å². The highest BCUT2D eigenvalue weighted by Gasteiger charge is 2.40. The Bertz CT molecular complexity index is 1210. The lowest BCUT2D eigenvalue weighted by molar-refractivity contribution is -0.134. The Morgan fingerprint density at radius 1 is 1.00 bits per heavy atom. The lowest BCUT2D eigenvalue weighted by atomic mass is 10.0. The number of rotatable bonds is 10. The van der Waals surface area contributed by atoms with Crippen molar-refractivity contribution in [2.24, 2.45) is 0 Å². The number of benzene rings is 2. The van der Waals surface area contributed by atoms with E-state index in [1.165, 1.54) is 17.7 Å². The number of hydrogen-bond donors (Lipinski definition) is 2. The average molecular weight is 507 g/mol. The van der Waals surface area contributed by atoms with E-state index >= 15 is 0 Å². The van der Waals surface area contributed by atoms with Gasteiger partial charge in [-0.15, -0.1) is 0 Å². The summed E-state index contributed by atoms with van der Waals surface area (Å²) in [5, 5.41) is 6.87. The molecule has 9 heteroatoms. The highest BCUT2D eigenvalue weighted by atomic mass is 16.5. The first kappa shape index (κ1) is 25.4. The van der Waals surface area contributed by atoms with Crippen molar-refractivity contribution in [1.29, 1.82) is 0 Å². The number of carbonyl (C=O) groups excluding carboxylic acids is 4. The van der Waals surface area contributed by atoms with Crippen molar-refractivity contribution in [3.05, 3.63) is 35.9 Å². The maximum atomic E-state index is 13.2. The second kappa shape index (κ2) is 11.4.